The number of benzene rings is 1. The smallest absolute Gasteiger partial charge is 0.290 e. The Kier molecular flexibility index (Phi) is 2.92. The molecular weight excluding hydrogens is 324 g/mol. The Balaban J connectivity index is 1.87. The van der Waals surface area contributed by atoms with Crippen LogP contribution in [0.15, 0.2) is 18.2 Å². The number of fused-ring (bicyclic) bond motifs is 2. The molecule has 0 saturated carbocycles. The summed E-state index contributed by atoms with van der Waals surface area (Å²) in [7, 11) is 0. The fourth-order valence-electron chi connectivity index (χ4n) is 2.52. The lowest BCUT2D eigenvalue weighted by molar-refractivity contribution is 0.0946. The third kappa shape index (κ3) is 1.91. The Morgan fingerprint density at radius 3 is 2.68 bits per heavy atom. The van der Waals surface area contributed by atoms with Gasteiger partial charge in [-0.15, -0.1) is 11.3 Å². The van der Waals surface area contributed by atoms with Crippen LogP contribution >= 0.6 is 22.9 Å². The van der Waals surface area contributed by atoms with E-state index in [9.17, 15) is 4.79 Å². The van der Waals surface area contributed by atoms with Crippen LogP contribution in [-0.4, -0.2) is 22.5 Å². The van der Waals surface area contributed by atoms with E-state index in [1.807, 2.05) is 32.0 Å². The zero-order valence-electron chi connectivity index (χ0n) is 11.8. The summed E-state index contributed by atoms with van der Waals surface area (Å²) >= 11 is 7.75. The predicted octanol–water partition coefficient (Wildman–Crippen LogP) is 3.79. The van der Waals surface area contributed by atoms with Crippen molar-refractivity contribution in [2.24, 2.45) is 0 Å². The normalized spacial score (nSPS) is 13.0. The van der Waals surface area contributed by atoms with Crippen LogP contribution < -0.4 is 9.47 Å². The topological polar surface area (TPSA) is 53.4 Å². The van der Waals surface area contributed by atoms with Gasteiger partial charge in [-0.3, -0.25) is 4.79 Å². The first-order valence-corrected chi connectivity index (χ1v) is 7.83. The second-order valence-corrected chi connectivity index (χ2v) is 6.52. The highest BCUT2D eigenvalue weighted by atomic mass is 35.5. The van der Waals surface area contributed by atoms with Crippen LogP contribution in [0.1, 0.15) is 21.1 Å². The lowest BCUT2D eigenvalue weighted by Crippen LogP contribution is -2.14. The van der Waals surface area contributed by atoms with Crippen LogP contribution in [0.5, 0.6) is 11.5 Å². The third-order valence-corrected chi connectivity index (χ3v) is 5.16. The van der Waals surface area contributed by atoms with E-state index in [2.05, 4.69) is 5.10 Å². The summed E-state index contributed by atoms with van der Waals surface area (Å²) in [5.41, 5.74) is 1.58. The number of carbonyl (C=O) groups excluding carboxylic acids is 1. The molecule has 1 aromatic carbocycles. The van der Waals surface area contributed by atoms with Gasteiger partial charge in [0.2, 0.25) is 6.79 Å². The molecule has 0 atom stereocenters. The summed E-state index contributed by atoms with van der Waals surface area (Å²) in [4.78, 5) is 13.2. The van der Waals surface area contributed by atoms with Crippen molar-refractivity contribution in [3.63, 3.8) is 0 Å². The van der Waals surface area contributed by atoms with Crippen LogP contribution in [0.25, 0.3) is 10.1 Å². The van der Waals surface area contributed by atoms with Gasteiger partial charge >= 0.3 is 0 Å². The minimum absolute atomic E-state index is 0.210. The van der Waals surface area contributed by atoms with Crippen molar-refractivity contribution in [3.8, 4) is 11.5 Å². The lowest BCUT2D eigenvalue weighted by Gasteiger charge is -2.01. The zero-order chi connectivity index (χ0) is 15.4. The molecule has 0 amide bonds. The fourth-order valence-corrected chi connectivity index (χ4v) is 3.96. The molecule has 0 bridgehead atoms. The molecular formula is C15H11ClN2O3S. The largest absolute Gasteiger partial charge is 0.454 e. The number of aryl methyl sites for hydroxylation is 2. The summed E-state index contributed by atoms with van der Waals surface area (Å²) < 4.78 is 13.0. The average molecular weight is 335 g/mol. The van der Waals surface area contributed by atoms with Gasteiger partial charge in [0.25, 0.3) is 5.91 Å². The molecule has 0 aliphatic carbocycles. The molecule has 3 aromatic rings. The number of hydrogen-bond acceptors (Lipinski definition) is 5. The quantitative estimate of drug-likeness (QED) is 0.679. The molecule has 0 fully saturated rings. The van der Waals surface area contributed by atoms with Gasteiger partial charge in [-0.25, -0.2) is 4.68 Å². The van der Waals surface area contributed by atoms with Gasteiger partial charge in [-0.1, -0.05) is 11.6 Å². The van der Waals surface area contributed by atoms with Crippen molar-refractivity contribution in [1.82, 2.24) is 9.78 Å². The minimum atomic E-state index is -0.223. The van der Waals surface area contributed by atoms with Crippen molar-refractivity contribution in [2.45, 2.75) is 13.8 Å². The van der Waals surface area contributed by atoms with Gasteiger partial charge in [-0.2, -0.15) is 5.10 Å². The highest BCUT2D eigenvalue weighted by Gasteiger charge is 2.23. The SMILES string of the molecule is Cc1cc(C)n(C(=O)c2sc3cc4c(cc3c2Cl)OCO4)n1. The molecule has 0 N–H and O–H groups in total. The number of aromatic nitrogens is 2. The van der Waals surface area contributed by atoms with E-state index in [1.54, 1.807) is 0 Å². The van der Waals surface area contributed by atoms with E-state index in [1.165, 1.54) is 16.0 Å². The molecule has 22 heavy (non-hydrogen) atoms. The monoisotopic (exact) mass is 334 g/mol. The summed E-state index contributed by atoms with van der Waals surface area (Å²) in [6.07, 6.45) is 0. The first-order chi connectivity index (χ1) is 10.5. The Morgan fingerprint density at radius 2 is 2.00 bits per heavy atom. The maximum absolute atomic E-state index is 12.7. The molecule has 4 rings (SSSR count). The van der Waals surface area contributed by atoms with Crippen LogP contribution in [0.2, 0.25) is 5.02 Å². The highest BCUT2D eigenvalue weighted by molar-refractivity contribution is 7.21. The van der Waals surface area contributed by atoms with E-state index in [0.29, 0.717) is 21.4 Å². The van der Waals surface area contributed by atoms with E-state index < -0.39 is 0 Å². The second kappa shape index (κ2) is 4.72. The van der Waals surface area contributed by atoms with E-state index >= 15 is 0 Å². The molecule has 0 spiro atoms. The van der Waals surface area contributed by atoms with E-state index in [4.69, 9.17) is 21.1 Å². The second-order valence-electron chi connectivity index (χ2n) is 5.09. The van der Waals surface area contributed by atoms with Gasteiger partial charge < -0.3 is 9.47 Å². The number of thiophene rings is 1. The van der Waals surface area contributed by atoms with Gasteiger partial charge in [-0.05, 0) is 26.0 Å². The Bertz CT molecular complexity index is 929. The standard InChI is InChI=1S/C15H11ClN2O3S/c1-7-3-8(2)18(17-7)15(19)14-13(16)9-4-10-11(21-6-20-10)5-12(9)22-14/h3-5H,6H2,1-2H3. The van der Waals surface area contributed by atoms with Crippen LogP contribution in [0.3, 0.4) is 0 Å². The van der Waals surface area contributed by atoms with Crippen molar-refractivity contribution in [2.75, 3.05) is 6.79 Å². The van der Waals surface area contributed by atoms with Crippen molar-refractivity contribution < 1.29 is 14.3 Å². The molecule has 2 aromatic heterocycles. The molecule has 0 radical (unpaired) electrons. The number of nitrogens with zero attached hydrogens (tertiary/aromatic N) is 2. The molecule has 0 saturated heterocycles. The summed E-state index contributed by atoms with van der Waals surface area (Å²) in [5.74, 6) is 1.10. The van der Waals surface area contributed by atoms with Crippen molar-refractivity contribution in [1.29, 1.82) is 0 Å². The van der Waals surface area contributed by atoms with E-state index in [0.717, 1.165) is 21.5 Å². The highest BCUT2D eigenvalue weighted by Crippen LogP contribution is 2.43. The fraction of sp³-hybridized carbons (Fsp3) is 0.200. The average Bonchev–Trinajstić information content (AvgIpc) is 3.15. The van der Waals surface area contributed by atoms with Crippen molar-refractivity contribution in [3.05, 3.63) is 39.5 Å². The Labute approximate surface area is 135 Å². The predicted molar refractivity (Wildman–Crippen MR) is 84.4 cm³/mol. The molecule has 3 heterocycles. The summed E-state index contributed by atoms with van der Waals surface area (Å²) in [5, 5.41) is 5.45. The van der Waals surface area contributed by atoms with Gasteiger partial charge in [0, 0.05) is 21.8 Å². The number of hydrogen-bond donors (Lipinski definition) is 0. The van der Waals surface area contributed by atoms with Gasteiger partial charge in [0.15, 0.2) is 11.5 Å². The molecule has 5 nitrogen and oxygen atoms in total. The zero-order valence-corrected chi connectivity index (χ0v) is 13.4. The molecule has 7 heteroatoms. The number of halogens is 1. The van der Waals surface area contributed by atoms with Gasteiger partial charge in [0.05, 0.1) is 10.7 Å². The van der Waals surface area contributed by atoms with E-state index in [-0.39, 0.29) is 12.7 Å². The molecule has 1 aliphatic heterocycles. The number of ether oxygens (including phenoxy) is 2. The van der Waals surface area contributed by atoms with Gasteiger partial charge in [0.1, 0.15) is 4.88 Å². The third-order valence-electron chi connectivity index (χ3n) is 3.52. The number of rotatable bonds is 1. The minimum Gasteiger partial charge on any atom is -0.454 e. The molecule has 112 valence electrons. The summed E-state index contributed by atoms with van der Waals surface area (Å²) in [6, 6.07) is 5.52. The summed E-state index contributed by atoms with van der Waals surface area (Å²) in [6.45, 7) is 3.90. The first kappa shape index (κ1) is 13.6. The first-order valence-electron chi connectivity index (χ1n) is 6.64. The Morgan fingerprint density at radius 1 is 1.27 bits per heavy atom. The van der Waals surface area contributed by atoms with Crippen molar-refractivity contribution >= 4 is 38.9 Å². The molecule has 1 aliphatic rings. The number of carbonyl (C=O) groups is 1. The maximum atomic E-state index is 12.7. The van der Waals surface area contributed by atoms with Crippen LogP contribution in [0.4, 0.5) is 0 Å². The lowest BCUT2D eigenvalue weighted by atomic mass is 10.2. The van der Waals surface area contributed by atoms with Crippen LogP contribution in [-0.2, 0) is 0 Å². The Hall–Kier alpha value is -2.05. The maximum Gasteiger partial charge on any atom is 0.290 e. The van der Waals surface area contributed by atoms with Crippen LogP contribution in [0, 0.1) is 13.8 Å². The molecule has 0 unspecified atom stereocenters.